The van der Waals surface area contributed by atoms with Gasteiger partial charge in [-0.25, -0.2) is 9.69 Å². The second-order valence-electron chi connectivity index (χ2n) is 9.88. The summed E-state index contributed by atoms with van der Waals surface area (Å²) in [7, 11) is 0. The summed E-state index contributed by atoms with van der Waals surface area (Å²) in [5, 5.41) is 0. The molecule has 1 fully saturated rings. The first-order valence-electron chi connectivity index (χ1n) is 12.6. The van der Waals surface area contributed by atoms with Gasteiger partial charge in [0.2, 0.25) is 11.8 Å². The van der Waals surface area contributed by atoms with E-state index >= 15 is 0 Å². The van der Waals surface area contributed by atoms with Crippen molar-refractivity contribution in [3.63, 3.8) is 0 Å². The number of nitrogens with zero attached hydrogens (tertiary/aromatic N) is 1. The third-order valence-corrected chi connectivity index (χ3v) is 10.6. The van der Waals surface area contributed by atoms with E-state index < -0.39 is 26.5 Å². The summed E-state index contributed by atoms with van der Waals surface area (Å²) in [5.41, 5.74) is 4.64. The Kier molecular flexibility index (Phi) is 5.92. The molecule has 0 radical (unpaired) electrons. The Morgan fingerprint density at radius 2 is 1.32 bits per heavy atom. The smallest absolute Gasteiger partial charge is 0.338 e. The highest BCUT2D eigenvalue weighted by Crippen LogP contribution is 2.70. The van der Waals surface area contributed by atoms with E-state index in [0.29, 0.717) is 17.9 Å². The molecule has 0 aromatic heterocycles. The first-order chi connectivity index (χ1) is 17.8. The molecule has 4 aliphatic rings. The van der Waals surface area contributed by atoms with Crippen LogP contribution in [-0.4, -0.2) is 24.4 Å². The zero-order valence-electron chi connectivity index (χ0n) is 20.2. The Hall–Kier alpha value is -2.77. The quantitative estimate of drug-likeness (QED) is 0.137. The number of hydrogen-bond donors (Lipinski definition) is 0. The molecule has 7 rings (SSSR count). The number of rotatable bonds is 6. The maximum atomic E-state index is 14.2. The van der Waals surface area contributed by atoms with Gasteiger partial charge in [-0.3, -0.25) is 9.59 Å². The lowest BCUT2D eigenvalue weighted by atomic mass is 9.54. The summed E-state index contributed by atoms with van der Waals surface area (Å²) in [5.74, 6) is -2.34. The van der Waals surface area contributed by atoms with Crippen LogP contribution in [0.3, 0.4) is 0 Å². The molecule has 188 valence electrons. The van der Waals surface area contributed by atoms with Gasteiger partial charge in [-0.2, -0.15) is 0 Å². The first kappa shape index (κ1) is 24.6. The molecular weight excluding hydrogens is 598 g/mol. The van der Waals surface area contributed by atoms with Gasteiger partial charge in [0.1, 0.15) is 0 Å². The van der Waals surface area contributed by atoms with Crippen LogP contribution in [0.2, 0.25) is 0 Å². The number of benzene rings is 3. The van der Waals surface area contributed by atoms with Crippen molar-refractivity contribution < 1.29 is 19.1 Å². The van der Waals surface area contributed by atoms with Crippen LogP contribution in [0.5, 0.6) is 0 Å². The minimum Gasteiger partial charge on any atom is -0.462 e. The lowest BCUT2D eigenvalue weighted by Gasteiger charge is -2.55. The van der Waals surface area contributed by atoms with Gasteiger partial charge in [-0.1, -0.05) is 106 Å². The number of hydrogen-bond acceptors (Lipinski definition) is 4. The normalized spacial score (nSPS) is 27.1. The van der Waals surface area contributed by atoms with Crippen molar-refractivity contribution in [2.24, 2.45) is 11.8 Å². The van der Waals surface area contributed by atoms with Crippen molar-refractivity contribution in [1.29, 1.82) is 0 Å². The molecular formula is C30H25Br2NO4. The fraction of sp³-hybridized carbons (Fsp3) is 0.300. The predicted octanol–water partition coefficient (Wildman–Crippen LogP) is 6.44. The number of carbonyl (C=O) groups excluding carboxylic acids is 3. The van der Waals surface area contributed by atoms with E-state index in [1.807, 2.05) is 48.5 Å². The van der Waals surface area contributed by atoms with Crippen LogP contribution in [0.1, 0.15) is 58.8 Å². The Morgan fingerprint density at radius 3 is 1.81 bits per heavy atom. The van der Waals surface area contributed by atoms with E-state index in [9.17, 15) is 14.4 Å². The highest BCUT2D eigenvalue weighted by atomic mass is 79.9. The van der Waals surface area contributed by atoms with Crippen LogP contribution in [-0.2, 0) is 23.0 Å². The van der Waals surface area contributed by atoms with Crippen LogP contribution >= 0.6 is 31.9 Å². The van der Waals surface area contributed by atoms with Gasteiger partial charge in [0.05, 0.1) is 38.3 Å². The van der Waals surface area contributed by atoms with Gasteiger partial charge in [0.25, 0.3) is 0 Å². The van der Waals surface area contributed by atoms with Crippen molar-refractivity contribution in [3.8, 4) is 0 Å². The van der Waals surface area contributed by atoms with E-state index in [0.717, 1.165) is 41.5 Å². The Balaban J connectivity index is 1.43. The van der Waals surface area contributed by atoms with Crippen molar-refractivity contribution in [1.82, 2.24) is 0 Å². The van der Waals surface area contributed by atoms with Gasteiger partial charge in [0, 0.05) is 0 Å². The average molecular weight is 623 g/mol. The second kappa shape index (κ2) is 8.91. The monoisotopic (exact) mass is 621 g/mol. The summed E-state index contributed by atoms with van der Waals surface area (Å²) >= 11 is 8.03. The lowest BCUT2D eigenvalue weighted by molar-refractivity contribution is -0.122. The summed E-state index contributed by atoms with van der Waals surface area (Å²) in [4.78, 5) is 42.3. The van der Waals surface area contributed by atoms with Crippen molar-refractivity contribution >= 4 is 55.3 Å². The largest absolute Gasteiger partial charge is 0.462 e. The van der Waals surface area contributed by atoms with Crippen molar-refractivity contribution in [2.45, 2.75) is 34.8 Å². The zero-order valence-corrected chi connectivity index (χ0v) is 23.4. The molecule has 5 nitrogen and oxygen atoms in total. The Morgan fingerprint density at radius 1 is 0.811 bits per heavy atom. The average Bonchev–Trinajstić information content (AvgIpc) is 3.20. The summed E-state index contributed by atoms with van der Waals surface area (Å²) < 4.78 is 3.72. The summed E-state index contributed by atoms with van der Waals surface area (Å²) in [6.07, 6.45) is 2.82. The van der Waals surface area contributed by atoms with E-state index in [2.05, 4.69) is 38.8 Å². The minimum absolute atomic E-state index is 0.284. The number of esters is 1. The minimum atomic E-state index is -0.850. The number of carbonyl (C=O) groups is 3. The Labute approximate surface area is 232 Å². The molecule has 2 bridgehead atoms. The van der Waals surface area contributed by atoms with E-state index in [-0.39, 0.29) is 11.8 Å². The highest BCUT2D eigenvalue weighted by Gasteiger charge is 2.72. The molecule has 1 heterocycles. The molecule has 2 atom stereocenters. The third-order valence-electron chi connectivity index (χ3n) is 7.91. The fourth-order valence-electron chi connectivity index (χ4n) is 6.29. The third kappa shape index (κ3) is 3.29. The highest BCUT2D eigenvalue weighted by molar-refractivity contribution is 9.10. The number of unbranched alkanes of at least 4 members (excludes halogenated alkanes) is 2. The molecule has 3 aliphatic carbocycles. The summed E-state index contributed by atoms with van der Waals surface area (Å²) in [6.45, 7) is 2.43. The van der Waals surface area contributed by atoms with E-state index in [1.54, 1.807) is 24.3 Å². The van der Waals surface area contributed by atoms with Crippen LogP contribution in [0.4, 0.5) is 5.69 Å². The van der Waals surface area contributed by atoms with Crippen LogP contribution in [0.25, 0.3) is 0 Å². The number of imide groups is 1. The van der Waals surface area contributed by atoms with Crippen LogP contribution < -0.4 is 4.90 Å². The van der Waals surface area contributed by atoms with Gasteiger partial charge < -0.3 is 4.74 Å². The van der Waals surface area contributed by atoms with Gasteiger partial charge in [-0.05, 0) is 46.9 Å². The fourth-order valence-corrected chi connectivity index (χ4v) is 8.60. The van der Waals surface area contributed by atoms with Crippen LogP contribution in [0.15, 0.2) is 72.8 Å². The number of halogens is 2. The Bertz CT molecular complexity index is 1330. The molecule has 37 heavy (non-hydrogen) atoms. The topological polar surface area (TPSA) is 63.7 Å². The van der Waals surface area contributed by atoms with Crippen molar-refractivity contribution in [3.05, 3.63) is 101 Å². The number of alkyl halides is 2. The van der Waals surface area contributed by atoms with Gasteiger partial charge >= 0.3 is 5.97 Å². The molecule has 0 unspecified atom stereocenters. The summed E-state index contributed by atoms with van der Waals surface area (Å²) in [6, 6.07) is 22.6. The van der Waals surface area contributed by atoms with Gasteiger partial charge in [0.15, 0.2) is 0 Å². The van der Waals surface area contributed by atoms with E-state index in [4.69, 9.17) is 4.74 Å². The molecule has 3 aromatic carbocycles. The maximum Gasteiger partial charge on any atom is 0.338 e. The maximum absolute atomic E-state index is 14.2. The molecule has 0 saturated carbocycles. The SMILES string of the molecule is CCCCCOC(=O)c1cccc(N2C(=O)[C@@H]3[C@H](C2=O)C2(Br)c4ccccc4C3(Br)c3ccccc32)c1. The number of ether oxygens (including phenoxy) is 1. The number of anilines is 1. The van der Waals surface area contributed by atoms with Crippen molar-refractivity contribution in [2.75, 3.05) is 11.5 Å². The molecule has 0 spiro atoms. The second-order valence-corrected chi connectivity index (χ2v) is 12.4. The molecule has 1 saturated heterocycles. The molecule has 3 aromatic rings. The molecule has 0 N–H and O–H groups in total. The molecule has 1 aliphatic heterocycles. The predicted molar refractivity (Wildman–Crippen MR) is 148 cm³/mol. The standard InChI is InChI=1S/C30H25Br2NO4/c1-2-3-8-16-37-28(36)18-10-9-11-19(17-18)33-26(34)24-25(27(33)35)30(32)21-13-5-4-12-20(21)29(24,31)22-14-6-7-15-23(22)30/h4-7,9-15,17,24-25H,2-3,8,16H2,1H3/t24-,25+,29?,30?. The van der Waals surface area contributed by atoms with Gasteiger partial charge in [-0.15, -0.1) is 0 Å². The molecule has 2 amide bonds. The van der Waals surface area contributed by atoms with E-state index in [1.165, 1.54) is 4.90 Å². The lowest BCUT2D eigenvalue weighted by Crippen LogP contribution is -2.56. The zero-order chi connectivity index (χ0) is 25.9. The first-order valence-corrected chi connectivity index (χ1v) is 14.2. The molecule has 7 heteroatoms. The van der Waals surface area contributed by atoms with Crippen LogP contribution in [0, 0.1) is 11.8 Å². The number of amides is 2.